The molecule has 1 aliphatic rings. The van der Waals surface area contributed by atoms with Crippen molar-refractivity contribution in [3.8, 4) is 0 Å². The lowest BCUT2D eigenvalue weighted by Crippen LogP contribution is -2.43. The van der Waals surface area contributed by atoms with Crippen LogP contribution in [0.25, 0.3) is 0 Å². The highest BCUT2D eigenvalue weighted by molar-refractivity contribution is 5.92. The SMILES string of the molecule is CN(CC1CCCCN1C)c1ccc(C(N)=O)cn1. The molecular formula is C14H22N4O. The van der Waals surface area contributed by atoms with Crippen molar-refractivity contribution in [2.75, 3.05) is 32.1 Å². The fourth-order valence-corrected chi connectivity index (χ4v) is 2.54. The maximum Gasteiger partial charge on any atom is 0.250 e. The van der Waals surface area contributed by atoms with Crippen molar-refractivity contribution in [2.24, 2.45) is 5.73 Å². The number of primary amides is 1. The highest BCUT2D eigenvalue weighted by Crippen LogP contribution is 2.18. The van der Waals surface area contributed by atoms with Crippen molar-refractivity contribution in [1.82, 2.24) is 9.88 Å². The van der Waals surface area contributed by atoms with Crippen molar-refractivity contribution in [3.05, 3.63) is 23.9 Å². The average Bonchev–Trinajstić information content (AvgIpc) is 2.41. The molecule has 0 bridgehead atoms. The normalized spacial score (nSPS) is 20.2. The Labute approximate surface area is 114 Å². The molecule has 1 saturated heterocycles. The lowest BCUT2D eigenvalue weighted by molar-refractivity contribution is 0.1000. The monoisotopic (exact) mass is 262 g/mol. The summed E-state index contributed by atoms with van der Waals surface area (Å²) in [7, 11) is 4.22. The van der Waals surface area contributed by atoms with E-state index in [1.165, 1.54) is 25.8 Å². The van der Waals surface area contributed by atoms with Gasteiger partial charge in [0, 0.05) is 25.8 Å². The lowest BCUT2D eigenvalue weighted by Gasteiger charge is -2.35. The molecule has 2 N–H and O–H groups in total. The largest absolute Gasteiger partial charge is 0.366 e. The zero-order chi connectivity index (χ0) is 13.8. The minimum atomic E-state index is -0.436. The molecule has 19 heavy (non-hydrogen) atoms. The summed E-state index contributed by atoms with van der Waals surface area (Å²) in [5.41, 5.74) is 5.66. The van der Waals surface area contributed by atoms with Crippen molar-refractivity contribution < 1.29 is 4.79 Å². The first kappa shape index (κ1) is 13.8. The summed E-state index contributed by atoms with van der Waals surface area (Å²) < 4.78 is 0. The van der Waals surface area contributed by atoms with Gasteiger partial charge in [0.2, 0.25) is 5.91 Å². The van der Waals surface area contributed by atoms with Crippen LogP contribution < -0.4 is 10.6 Å². The first-order valence-electron chi connectivity index (χ1n) is 6.75. The summed E-state index contributed by atoms with van der Waals surface area (Å²) in [5, 5.41) is 0. The standard InChI is InChI=1S/C14H22N4O/c1-17-8-4-3-5-12(17)10-18(2)13-7-6-11(9-16-13)14(15)19/h6-7,9,12H,3-5,8,10H2,1-2H3,(H2,15,19). The molecule has 0 saturated carbocycles. The van der Waals surface area contributed by atoms with Gasteiger partial charge >= 0.3 is 0 Å². The molecule has 1 aromatic rings. The molecule has 104 valence electrons. The number of pyridine rings is 1. The predicted octanol–water partition coefficient (Wildman–Crippen LogP) is 1.10. The summed E-state index contributed by atoms with van der Waals surface area (Å²) in [6.45, 7) is 2.13. The summed E-state index contributed by atoms with van der Waals surface area (Å²) >= 11 is 0. The maximum atomic E-state index is 11.0. The summed E-state index contributed by atoms with van der Waals surface area (Å²) in [5.74, 6) is 0.442. The summed E-state index contributed by atoms with van der Waals surface area (Å²) in [6.07, 6.45) is 5.37. The van der Waals surface area contributed by atoms with E-state index in [9.17, 15) is 4.79 Å². The molecule has 5 nitrogen and oxygen atoms in total. The third-order valence-corrected chi connectivity index (χ3v) is 3.83. The zero-order valence-corrected chi connectivity index (χ0v) is 11.7. The molecule has 0 aromatic carbocycles. The van der Waals surface area contributed by atoms with Gasteiger partial charge in [-0.15, -0.1) is 0 Å². The maximum absolute atomic E-state index is 11.0. The van der Waals surface area contributed by atoms with E-state index in [4.69, 9.17) is 5.73 Å². The van der Waals surface area contributed by atoms with E-state index in [1.54, 1.807) is 12.3 Å². The number of aromatic nitrogens is 1. The number of piperidine rings is 1. The van der Waals surface area contributed by atoms with Crippen LogP contribution in [0.15, 0.2) is 18.3 Å². The molecule has 1 aliphatic heterocycles. The van der Waals surface area contributed by atoms with E-state index < -0.39 is 5.91 Å². The van der Waals surface area contributed by atoms with Gasteiger partial charge in [0.25, 0.3) is 0 Å². The second-order valence-corrected chi connectivity index (χ2v) is 5.28. The molecule has 2 rings (SSSR count). The first-order valence-corrected chi connectivity index (χ1v) is 6.75. The van der Waals surface area contributed by atoms with E-state index in [0.717, 1.165) is 12.4 Å². The number of hydrogen-bond acceptors (Lipinski definition) is 4. The fourth-order valence-electron chi connectivity index (χ4n) is 2.54. The third kappa shape index (κ3) is 3.44. The van der Waals surface area contributed by atoms with Gasteiger partial charge in [-0.1, -0.05) is 6.42 Å². The molecule has 1 aromatic heterocycles. The Morgan fingerprint density at radius 1 is 1.53 bits per heavy atom. The molecule has 0 aliphatic carbocycles. The number of likely N-dealkylation sites (N-methyl/N-ethyl adjacent to an activating group) is 2. The van der Waals surface area contributed by atoms with Gasteiger partial charge in [0.15, 0.2) is 0 Å². The van der Waals surface area contributed by atoms with Crippen LogP contribution in [0.4, 0.5) is 5.82 Å². The highest BCUT2D eigenvalue weighted by atomic mass is 16.1. The number of nitrogens with two attached hydrogens (primary N) is 1. The second-order valence-electron chi connectivity index (χ2n) is 5.28. The van der Waals surface area contributed by atoms with Crippen LogP contribution >= 0.6 is 0 Å². The Kier molecular flexibility index (Phi) is 4.37. The Morgan fingerprint density at radius 2 is 2.32 bits per heavy atom. The van der Waals surface area contributed by atoms with Gasteiger partial charge < -0.3 is 15.5 Å². The average molecular weight is 262 g/mol. The van der Waals surface area contributed by atoms with Gasteiger partial charge in [-0.2, -0.15) is 0 Å². The van der Waals surface area contributed by atoms with Crippen molar-refractivity contribution in [2.45, 2.75) is 25.3 Å². The van der Waals surface area contributed by atoms with Crippen LogP contribution in [0.1, 0.15) is 29.6 Å². The third-order valence-electron chi connectivity index (χ3n) is 3.83. The smallest absolute Gasteiger partial charge is 0.250 e. The van der Waals surface area contributed by atoms with E-state index in [2.05, 4.69) is 21.8 Å². The topological polar surface area (TPSA) is 62.5 Å². The van der Waals surface area contributed by atoms with E-state index >= 15 is 0 Å². The van der Waals surface area contributed by atoms with Crippen LogP contribution in [0, 0.1) is 0 Å². The molecule has 0 radical (unpaired) electrons. The van der Waals surface area contributed by atoms with Crippen LogP contribution in [-0.2, 0) is 0 Å². The molecule has 1 amide bonds. The van der Waals surface area contributed by atoms with Crippen LogP contribution in [0.2, 0.25) is 0 Å². The zero-order valence-electron chi connectivity index (χ0n) is 11.7. The molecule has 1 fully saturated rings. The van der Waals surface area contributed by atoms with Crippen LogP contribution in [-0.4, -0.2) is 49.0 Å². The van der Waals surface area contributed by atoms with E-state index in [-0.39, 0.29) is 0 Å². The quantitative estimate of drug-likeness (QED) is 0.882. The number of nitrogens with zero attached hydrogens (tertiary/aromatic N) is 3. The van der Waals surface area contributed by atoms with Crippen molar-refractivity contribution >= 4 is 11.7 Å². The highest BCUT2D eigenvalue weighted by Gasteiger charge is 2.20. The number of rotatable bonds is 4. The van der Waals surface area contributed by atoms with Gasteiger partial charge in [0.05, 0.1) is 5.56 Å². The number of carbonyl (C=O) groups excluding carboxylic acids is 1. The van der Waals surface area contributed by atoms with Gasteiger partial charge in [-0.25, -0.2) is 4.98 Å². The Morgan fingerprint density at radius 3 is 2.89 bits per heavy atom. The van der Waals surface area contributed by atoms with Gasteiger partial charge in [0.1, 0.15) is 5.82 Å². The van der Waals surface area contributed by atoms with Gasteiger partial charge in [-0.05, 0) is 38.6 Å². The van der Waals surface area contributed by atoms with Crippen LogP contribution in [0.5, 0.6) is 0 Å². The Bertz CT molecular complexity index is 432. The predicted molar refractivity (Wildman–Crippen MR) is 76.3 cm³/mol. The molecule has 1 unspecified atom stereocenters. The molecule has 0 spiro atoms. The number of carbonyl (C=O) groups is 1. The lowest BCUT2D eigenvalue weighted by atomic mass is 10.0. The summed E-state index contributed by atoms with van der Waals surface area (Å²) in [6, 6.07) is 4.16. The molecular weight excluding hydrogens is 240 g/mol. The van der Waals surface area contributed by atoms with Gasteiger partial charge in [-0.3, -0.25) is 4.79 Å². The molecule has 2 heterocycles. The number of hydrogen-bond donors (Lipinski definition) is 1. The minimum absolute atomic E-state index is 0.436. The summed E-state index contributed by atoms with van der Waals surface area (Å²) in [4.78, 5) is 19.9. The van der Waals surface area contributed by atoms with Crippen molar-refractivity contribution in [3.63, 3.8) is 0 Å². The van der Waals surface area contributed by atoms with Crippen LogP contribution in [0.3, 0.4) is 0 Å². The number of likely N-dealkylation sites (tertiary alicyclic amines) is 1. The Hall–Kier alpha value is -1.62. The van der Waals surface area contributed by atoms with E-state index in [0.29, 0.717) is 11.6 Å². The Balaban J connectivity index is 1.98. The second kappa shape index (κ2) is 6.02. The number of anilines is 1. The first-order chi connectivity index (χ1) is 9.08. The molecule has 5 heteroatoms. The molecule has 1 atom stereocenters. The van der Waals surface area contributed by atoms with Crippen molar-refractivity contribution in [1.29, 1.82) is 0 Å². The number of amides is 1. The van der Waals surface area contributed by atoms with E-state index in [1.807, 2.05) is 13.1 Å². The minimum Gasteiger partial charge on any atom is -0.366 e. The fraction of sp³-hybridized carbons (Fsp3) is 0.571.